The van der Waals surface area contributed by atoms with Crippen molar-refractivity contribution in [3.8, 4) is 0 Å². The molecule has 0 bridgehead atoms. The molecule has 2 N–H and O–H groups in total. The van der Waals surface area contributed by atoms with Gasteiger partial charge in [0.2, 0.25) is 0 Å². The Morgan fingerprint density at radius 3 is 2.74 bits per heavy atom. The zero-order chi connectivity index (χ0) is 17.1. The molecule has 1 unspecified atom stereocenters. The van der Waals surface area contributed by atoms with Gasteiger partial charge in [-0.15, -0.1) is 11.3 Å². The second kappa shape index (κ2) is 6.91. The standard InChI is InChI=1S/C15H19N3O4S/c1-4-5-10(14(21)22)6-16-12(19)11-7-17-15-18(13(11)20)8(2)9(3)23-15/h7,10H,4-6H2,1-3H3,(H,16,19)(H,21,22). The molecule has 23 heavy (non-hydrogen) atoms. The van der Waals surface area contributed by atoms with Crippen LogP contribution in [0.25, 0.3) is 4.96 Å². The molecule has 0 aromatic carbocycles. The number of thiazole rings is 1. The fraction of sp³-hybridized carbons (Fsp3) is 0.467. The van der Waals surface area contributed by atoms with Crippen LogP contribution >= 0.6 is 11.3 Å². The van der Waals surface area contributed by atoms with Gasteiger partial charge in [-0.25, -0.2) is 4.98 Å². The number of carboxylic acid groups (broad SMARTS) is 1. The molecule has 0 aliphatic rings. The number of amides is 1. The van der Waals surface area contributed by atoms with Crippen molar-refractivity contribution in [2.24, 2.45) is 5.92 Å². The van der Waals surface area contributed by atoms with Crippen LogP contribution in [0.4, 0.5) is 0 Å². The van der Waals surface area contributed by atoms with E-state index in [1.807, 2.05) is 13.8 Å². The molecular weight excluding hydrogens is 318 g/mol. The summed E-state index contributed by atoms with van der Waals surface area (Å²) in [5.41, 5.74) is 0.243. The van der Waals surface area contributed by atoms with Crippen LogP contribution < -0.4 is 10.9 Å². The first-order valence-electron chi connectivity index (χ1n) is 7.35. The molecule has 0 spiro atoms. The molecule has 0 fully saturated rings. The predicted octanol–water partition coefficient (Wildman–Crippen LogP) is 1.60. The highest BCUT2D eigenvalue weighted by molar-refractivity contribution is 7.17. The molecule has 0 saturated heterocycles. The molecular formula is C15H19N3O4S. The third-order valence-corrected chi connectivity index (χ3v) is 4.83. The number of hydrogen-bond donors (Lipinski definition) is 2. The number of hydrogen-bond acceptors (Lipinski definition) is 5. The molecule has 1 atom stereocenters. The van der Waals surface area contributed by atoms with Crippen molar-refractivity contribution in [1.82, 2.24) is 14.7 Å². The lowest BCUT2D eigenvalue weighted by Gasteiger charge is -2.12. The van der Waals surface area contributed by atoms with Crippen LogP contribution in [0, 0.1) is 19.8 Å². The maximum atomic E-state index is 12.5. The van der Waals surface area contributed by atoms with E-state index in [0.717, 1.165) is 10.6 Å². The number of carbonyl (C=O) groups is 2. The summed E-state index contributed by atoms with van der Waals surface area (Å²) < 4.78 is 1.41. The van der Waals surface area contributed by atoms with E-state index < -0.39 is 23.4 Å². The largest absolute Gasteiger partial charge is 0.481 e. The Bertz CT molecular complexity index is 809. The number of nitrogens with one attached hydrogen (secondary N) is 1. The van der Waals surface area contributed by atoms with Crippen molar-refractivity contribution in [2.75, 3.05) is 6.54 Å². The first-order chi connectivity index (χ1) is 10.9. The Morgan fingerprint density at radius 2 is 2.13 bits per heavy atom. The highest BCUT2D eigenvalue weighted by Gasteiger charge is 2.20. The van der Waals surface area contributed by atoms with Gasteiger partial charge in [-0.2, -0.15) is 0 Å². The van der Waals surface area contributed by atoms with Crippen molar-refractivity contribution >= 4 is 28.2 Å². The molecule has 124 valence electrons. The fourth-order valence-corrected chi connectivity index (χ4v) is 3.23. The first-order valence-corrected chi connectivity index (χ1v) is 8.17. The van der Waals surface area contributed by atoms with Crippen molar-refractivity contribution in [3.63, 3.8) is 0 Å². The predicted molar refractivity (Wildman–Crippen MR) is 87.2 cm³/mol. The Labute approximate surface area is 137 Å². The molecule has 1 amide bonds. The summed E-state index contributed by atoms with van der Waals surface area (Å²) in [4.78, 5) is 41.4. The Balaban J connectivity index is 2.25. The minimum absolute atomic E-state index is 0.00814. The topological polar surface area (TPSA) is 101 Å². The minimum Gasteiger partial charge on any atom is -0.481 e. The zero-order valence-corrected chi connectivity index (χ0v) is 14.1. The van der Waals surface area contributed by atoms with Gasteiger partial charge in [0, 0.05) is 23.3 Å². The van der Waals surface area contributed by atoms with Gasteiger partial charge in [-0.1, -0.05) is 13.3 Å². The molecule has 2 aromatic heterocycles. The first kappa shape index (κ1) is 17.1. The maximum Gasteiger partial charge on any atom is 0.308 e. The van der Waals surface area contributed by atoms with Gasteiger partial charge in [0.25, 0.3) is 11.5 Å². The number of aromatic nitrogens is 2. The van der Waals surface area contributed by atoms with Crippen LogP contribution in [0.2, 0.25) is 0 Å². The van der Waals surface area contributed by atoms with E-state index in [2.05, 4.69) is 10.3 Å². The number of carbonyl (C=O) groups excluding carboxylic acids is 1. The van der Waals surface area contributed by atoms with Crippen molar-refractivity contribution in [2.45, 2.75) is 33.6 Å². The molecule has 0 aliphatic carbocycles. The molecule has 7 nitrogen and oxygen atoms in total. The average Bonchev–Trinajstić information content (AvgIpc) is 2.79. The monoisotopic (exact) mass is 337 g/mol. The van der Waals surface area contributed by atoms with E-state index in [9.17, 15) is 14.4 Å². The maximum absolute atomic E-state index is 12.5. The summed E-state index contributed by atoms with van der Waals surface area (Å²) in [6, 6.07) is 0. The Kier molecular flexibility index (Phi) is 5.15. The van der Waals surface area contributed by atoms with E-state index in [-0.39, 0.29) is 12.1 Å². The van der Waals surface area contributed by atoms with Crippen LogP contribution in [-0.2, 0) is 4.79 Å². The molecule has 0 saturated carbocycles. The summed E-state index contributed by atoms with van der Waals surface area (Å²) in [6.45, 7) is 5.55. The second-order valence-electron chi connectivity index (χ2n) is 5.37. The van der Waals surface area contributed by atoms with Crippen LogP contribution in [0.1, 0.15) is 40.7 Å². The molecule has 2 heterocycles. The van der Waals surface area contributed by atoms with Gasteiger partial charge in [0.05, 0.1) is 5.92 Å². The smallest absolute Gasteiger partial charge is 0.308 e. The van der Waals surface area contributed by atoms with Gasteiger partial charge in [-0.3, -0.25) is 18.8 Å². The quantitative estimate of drug-likeness (QED) is 0.834. The third kappa shape index (κ3) is 3.42. The lowest BCUT2D eigenvalue weighted by atomic mass is 10.0. The van der Waals surface area contributed by atoms with E-state index in [4.69, 9.17) is 5.11 Å². The second-order valence-corrected chi connectivity index (χ2v) is 6.55. The van der Waals surface area contributed by atoms with Crippen molar-refractivity contribution in [1.29, 1.82) is 0 Å². The van der Waals surface area contributed by atoms with Crippen molar-refractivity contribution < 1.29 is 14.7 Å². The van der Waals surface area contributed by atoms with Gasteiger partial charge in [0.15, 0.2) is 4.96 Å². The van der Waals surface area contributed by atoms with Gasteiger partial charge >= 0.3 is 5.97 Å². The summed E-state index contributed by atoms with van der Waals surface area (Å²) in [7, 11) is 0. The number of aliphatic carboxylic acids is 1. The van der Waals surface area contributed by atoms with Crippen LogP contribution in [0.15, 0.2) is 11.0 Å². The number of aryl methyl sites for hydroxylation is 2. The van der Waals surface area contributed by atoms with Gasteiger partial charge < -0.3 is 10.4 Å². The average molecular weight is 337 g/mol. The molecule has 0 aliphatic heterocycles. The number of rotatable bonds is 6. The number of nitrogens with zero attached hydrogens (tertiary/aromatic N) is 2. The summed E-state index contributed by atoms with van der Waals surface area (Å²) in [6.07, 6.45) is 2.42. The molecule has 0 radical (unpaired) electrons. The zero-order valence-electron chi connectivity index (χ0n) is 13.3. The third-order valence-electron chi connectivity index (χ3n) is 3.76. The molecule has 2 rings (SSSR count). The highest BCUT2D eigenvalue weighted by Crippen LogP contribution is 2.18. The van der Waals surface area contributed by atoms with Crippen LogP contribution in [0.5, 0.6) is 0 Å². The normalized spacial score (nSPS) is 12.3. The fourth-order valence-electron chi connectivity index (χ4n) is 2.30. The van der Waals surface area contributed by atoms with Gasteiger partial charge in [-0.05, 0) is 20.3 Å². The summed E-state index contributed by atoms with van der Waals surface area (Å²) in [5.74, 6) is -2.21. The van der Waals surface area contributed by atoms with Crippen LogP contribution in [-0.4, -0.2) is 32.9 Å². The van der Waals surface area contributed by atoms with E-state index in [1.165, 1.54) is 21.9 Å². The Hall–Kier alpha value is -2.22. The highest BCUT2D eigenvalue weighted by atomic mass is 32.1. The summed E-state index contributed by atoms with van der Waals surface area (Å²) in [5, 5.41) is 11.6. The minimum atomic E-state index is -0.957. The summed E-state index contributed by atoms with van der Waals surface area (Å²) >= 11 is 1.38. The van der Waals surface area contributed by atoms with E-state index >= 15 is 0 Å². The van der Waals surface area contributed by atoms with Crippen LogP contribution in [0.3, 0.4) is 0 Å². The lowest BCUT2D eigenvalue weighted by Crippen LogP contribution is -2.36. The lowest BCUT2D eigenvalue weighted by molar-refractivity contribution is -0.141. The van der Waals surface area contributed by atoms with Gasteiger partial charge in [0.1, 0.15) is 5.56 Å². The molecule has 2 aromatic rings. The van der Waals surface area contributed by atoms with E-state index in [0.29, 0.717) is 17.8 Å². The SMILES string of the molecule is CCCC(CNC(=O)c1cnc2sc(C)c(C)n2c1=O)C(=O)O. The Morgan fingerprint density at radius 1 is 1.43 bits per heavy atom. The number of fused-ring (bicyclic) bond motifs is 1. The van der Waals surface area contributed by atoms with E-state index in [1.54, 1.807) is 6.92 Å². The number of carboxylic acids is 1. The molecule has 8 heteroatoms. The van der Waals surface area contributed by atoms with Crippen molar-refractivity contribution in [3.05, 3.63) is 32.7 Å².